The molecule has 4 rings (SSSR count). The number of thiophene rings is 1. The largest absolute Gasteiger partial charge is 0.387 e. The fraction of sp³-hybridized carbons (Fsp3) is 0.391. The summed E-state index contributed by atoms with van der Waals surface area (Å²) in [6.45, 7) is 5.11. The summed E-state index contributed by atoms with van der Waals surface area (Å²) in [5, 5.41) is 17.6. The first kappa shape index (κ1) is 17.7. The molecule has 0 aliphatic heterocycles. The normalized spacial score (nSPS) is 16.1. The van der Waals surface area contributed by atoms with Gasteiger partial charge in [-0.2, -0.15) is 0 Å². The van der Waals surface area contributed by atoms with Crippen molar-refractivity contribution in [3.8, 4) is 0 Å². The number of aliphatic hydroxyl groups excluding tert-OH is 1. The number of fused-ring (bicyclic) bond motifs is 2. The average molecular weight is 366 g/mol. The van der Waals surface area contributed by atoms with Crippen LogP contribution >= 0.6 is 11.3 Å². The molecule has 0 fully saturated rings. The van der Waals surface area contributed by atoms with Crippen molar-refractivity contribution in [1.29, 1.82) is 0 Å². The lowest BCUT2D eigenvalue weighted by molar-refractivity contribution is 0.156. The van der Waals surface area contributed by atoms with E-state index < -0.39 is 6.10 Å². The molecule has 1 atom stereocenters. The average Bonchev–Trinajstić information content (AvgIpc) is 3.22. The summed E-state index contributed by atoms with van der Waals surface area (Å²) >= 11 is 1.71. The number of rotatable bonds is 6. The second kappa shape index (κ2) is 7.15. The maximum atomic E-state index is 10.7. The molecule has 1 aliphatic rings. The molecule has 136 valence electrons. The molecule has 1 heterocycles. The standard InChI is InChI=1S/C23H27NOS/c1-23(2,13-16-11-17-7-3-4-8-18(17)12-16)24-14-21(25)20-15-26-22-10-6-5-9-19(20)22/h3-10,15-16,21,24-25H,11-14H2,1-2H3. The lowest BCUT2D eigenvalue weighted by Gasteiger charge is -2.30. The van der Waals surface area contributed by atoms with Gasteiger partial charge >= 0.3 is 0 Å². The molecule has 3 heteroatoms. The van der Waals surface area contributed by atoms with Gasteiger partial charge in [0.2, 0.25) is 0 Å². The van der Waals surface area contributed by atoms with E-state index in [1.54, 1.807) is 11.3 Å². The van der Waals surface area contributed by atoms with Crippen molar-refractivity contribution in [2.45, 2.75) is 44.8 Å². The Labute approximate surface area is 159 Å². The zero-order valence-corrected chi connectivity index (χ0v) is 16.4. The molecule has 3 aromatic rings. The van der Waals surface area contributed by atoms with Gasteiger partial charge in [-0.3, -0.25) is 0 Å². The minimum absolute atomic E-state index is 0.0134. The highest BCUT2D eigenvalue weighted by Crippen LogP contribution is 2.33. The zero-order chi connectivity index (χ0) is 18.1. The Morgan fingerprint density at radius 2 is 1.73 bits per heavy atom. The number of nitrogens with one attached hydrogen (secondary N) is 1. The SMILES string of the molecule is CC(C)(CC1Cc2ccccc2C1)NCC(O)c1csc2ccccc12. The molecule has 0 saturated heterocycles. The van der Waals surface area contributed by atoms with Gasteiger partial charge in [0.25, 0.3) is 0 Å². The molecule has 1 unspecified atom stereocenters. The van der Waals surface area contributed by atoms with E-state index >= 15 is 0 Å². The Morgan fingerprint density at radius 1 is 1.08 bits per heavy atom. The quantitative estimate of drug-likeness (QED) is 0.636. The van der Waals surface area contributed by atoms with Gasteiger partial charge in [-0.25, -0.2) is 0 Å². The number of hydrogen-bond acceptors (Lipinski definition) is 3. The van der Waals surface area contributed by atoms with Crippen molar-refractivity contribution >= 4 is 21.4 Å². The summed E-state index contributed by atoms with van der Waals surface area (Å²) in [6.07, 6.45) is 3.02. The molecule has 2 aromatic carbocycles. The van der Waals surface area contributed by atoms with E-state index in [0.29, 0.717) is 12.5 Å². The first-order valence-corrected chi connectivity index (χ1v) is 10.4. The summed E-state index contributed by atoms with van der Waals surface area (Å²) in [5.41, 5.74) is 4.08. The highest BCUT2D eigenvalue weighted by atomic mass is 32.1. The minimum atomic E-state index is -0.466. The first-order chi connectivity index (χ1) is 12.5. The summed E-state index contributed by atoms with van der Waals surface area (Å²) in [4.78, 5) is 0. The topological polar surface area (TPSA) is 32.3 Å². The van der Waals surface area contributed by atoms with E-state index in [0.717, 1.165) is 12.0 Å². The predicted molar refractivity (Wildman–Crippen MR) is 111 cm³/mol. The number of benzene rings is 2. The molecule has 0 amide bonds. The fourth-order valence-corrected chi connectivity index (χ4v) is 5.34. The van der Waals surface area contributed by atoms with Crippen molar-refractivity contribution < 1.29 is 5.11 Å². The number of aliphatic hydroxyl groups is 1. The highest BCUT2D eigenvalue weighted by molar-refractivity contribution is 7.17. The van der Waals surface area contributed by atoms with Crippen LogP contribution in [0.2, 0.25) is 0 Å². The summed E-state index contributed by atoms with van der Waals surface area (Å²) in [6, 6.07) is 17.1. The van der Waals surface area contributed by atoms with Crippen molar-refractivity contribution in [2.24, 2.45) is 5.92 Å². The highest BCUT2D eigenvalue weighted by Gasteiger charge is 2.28. The van der Waals surface area contributed by atoms with Crippen LogP contribution in [0.3, 0.4) is 0 Å². The van der Waals surface area contributed by atoms with Gasteiger partial charge in [0.15, 0.2) is 0 Å². The van der Waals surface area contributed by atoms with Crippen LogP contribution in [-0.2, 0) is 12.8 Å². The first-order valence-electron chi connectivity index (χ1n) is 9.48. The van der Waals surface area contributed by atoms with Crippen LogP contribution in [0.15, 0.2) is 53.9 Å². The van der Waals surface area contributed by atoms with Crippen LogP contribution in [0.1, 0.15) is 43.1 Å². The third kappa shape index (κ3) is 3.71. The Kier molecular flexibility index (Phi) is 4.87. The minimum Gasteiger partial charge on any atom is -0.387 e. The Bertz CT molecular complexity index is 873. The Balaban J connectivity index is 1.36. The van der Waals surface area contributed by atoms with Crippen molar-refractivity contribution in [3.05, 3.63) is 70.6 Å². The molecule has 2 nitrogen and oxygen atoms in total. The molecule has 26 heavy (non-hydrogen) atoms. The van der Waals surface area contributed by atoms with E-state index in [-0.39, 0.29) is 5.54 Å². The summed E-state index contributed by atoms with van der Waals surface area (Å²) in [7, 11) is 0. The van der Waals surface area contributed by atoms with E-state index in [2.05, 4.69) is 67.0 Å². The number of hydrogen-bond donors (Lipinski definition) is 2. The summed E-state index contributed by atoms with van der Waals surface area (Å²) < 4.78 is 1.24. The lowest BCUT2D eigenvalue weighted by atomic mass is 9.88. The molecule has 2 N–H and O–H groups in total. The van der Waals surface area contributed by atoms with Gasteiger partial charge < -0.3 is 10.4 Å². The van der Waals surface area contributed by atoms with E-state index in [9.17, 15) is 5.11 Å². The van der Waals surface area contributed by atoms with Crippen LogP contribution in [0.4, 0.5) is 0 Å². The smallest absolute Gasteiger partial charge is 0.0928 e. The Hall–Kier alpha value is -1.68. The molecule has 0 spiro atoms. The molecule has 1 aliphatic carbocycles. The third-order valence-electron chi connectivity index (χ3n) is 5.58. The molecule has 0 saturated carbocycles. The van der Waals surface area contributed by atoms with Crippen LogP contribution in [0, 0.1) is 5.92 Å². The molecular formula is C23H27NOS. The summed E-state index contributed by atoms with van der Waals surface area (Å²) in [5.74, 6) is 0.689. The van der Waals surface area contributed by atoms with E-state index in [4.69, 9.17) is 0 Å². The van der Waals surface area contributed by atoms with Gasteiger partial charge in [-0.15, -0.1) is 11.3 Å². The van der Waals surface area contributed by atoms with Crippen molar-refractivity contribution in [2.75, 3.05) is 6.54 Å². The van der Waals surface area contributed by atoms with Crippen LogP contribution < -0.4 is 5.32 Å². The van der Waals surface area contributed by atoms with Gasteiger partial charge in [0, 0.05) is 22.3 Å². The predicted octanol–water partition coefficient (Wildman–Crippen LogP) is 5.11. The monoisotopic (exact) mass is 365 g/mol. The van der Waals surface area contributed by atoms with Crippen LogP contribution in [0.5, 0.6) is 0 Å². The third-order valence-corrected chi connectivity index (χ3v) is 6.56. The molecule has 0 radical (unpaired) electrons. The van der Waals surface area contributed by atoms with Crippen molar-refractivity contribution in [1.82, 2.24) is 5.32 Å². The Morgan fingerprint density at radius 3 is 2.46 bits per heavy atom. The fourth-order valence-electron chi connectivity index (χ4n) is 4.33. The van der Waals surface area contributed by atoms with Crippen LogP contribution in [-0.4, -0.2) is 17.2 Å². The second-order valence-corrected chi connectivity index (χ2v) is 9.13. The van der Waals surface area contributed by atoms with Crippen molar-refractivity contribution in [3.63, 3.8) is 0 Å². The molecule has 1 aromatic heterocycles. The van der Waals surface area contributed by atoms with Gasteiger partial charge in [0.05, 0.1) is 6.10 Å². The molecular weight excluding hydrogens is 338 g/mol. The van der Waals surface area contributed by atoms with E-state index in [1.165, 1.54) is 34.1 Å². The maximum absolute atomic E-state index is 10.7. The zero-order valence-electron chi connectivity index (χ0n) is 15.5. The molecule has 0 bridgehead atoms. The van der Waals surface area contributed by atoms with Gasteiger partial charge in [0.1, 0.15) is 0 Å². The number of β-amino-alcohol motifs (C(OH)–C–C–N with tert-alkyl or cyclic N) is 1. The second-order valence-electron chi connectivity index (χ2n) is 8.21. The van der Waals surface area contributed by atoms with E-state index in [1.807, 2.05) is 6.07 Å². The maximum Gasteiger partial charge on any atom is 0.0928 e. The van der Waals surface area contributed by atoms with Gasteiger partial charge in [-0.1, -0.05) is 42.5 Å². The van der Waals surface area contributed by atoms with Gasteiger partial charge in [-0.05, 0) is 67.0 Å². The lowest BCUT2D eigenvalue weighted by Crippen LogP contribution is -2.43. The van der Waals surface area contributed by atoms with Crippen LogP contribution in [0.25, 0.3) is 10.1 Å².